The fourth-order valence-electron chi connectivity index (χ4n) is 3.88. The molecule has 2 aromatic rings. The van der Waals surface area contributed by atoms with Gasteiger partial charge in [0.1, 0.15) is 24.0 Å². The Hall–Kier alpha value is -3.10. The summed E-state index contributed by atoms with van der Waals surface area (Å²) in [6.45, 7) is 6.93. The lowest BCUT2D eigenvalue weighted by Gasteiger charge is -2.35. The molecule has 1 unspecified atom stereocenters. The van der Waals surface area contributed by atoms with Crippen LogP contribution < -0.4 is 10.8 Å². The van der Waals surface area contributed by atoms with E-state index in [1.807, 2.05) is 0 Å². The largest absolute Gasteiger partial charge is 0.468 e. The summed E-state index contributed by atoms with van der Waals surface area (Å²) in [6, 6.07) is 2.04. The minimum Gasteiger partial charge on any atom is -0.468 e. The number of nitrogens with one attached hydrogen (secondary N) is 1. The van der Waals surface area contributed by atoms with E-state index in [1.165, 1.54) is 17.8 Å². The summed E-state index contributed by atoms with van der Waals surface area (Å²) in [5.41, 5.74) is 4.94. The van der Waals surface area contributed by atoms with Gasteiger partial charge >= 0.3 is 25.7 Å². The summed E-state index contributed by atoms with van der Waals surface area (Å²) in [5, 5.41) is 6.39. The Kier molecular flexibility index (Phi) is 9.34. The van der Waals surface area contributed by atoms with Crippen molar-refractivity contribution in [2.45, 2.75) is 58.5 Å². The molecule has 2 aromatic heterocycles. The summed E-state index contributed by atoms with van der Waals surface area (Å²) in [7, 11) is -3.43. The molecule has 1 fully saturated rings. The quantitative estimate of drug-likeness (QED) is 0.195. The van der Waals surface area contributed by atoms with Gasteiger partial charge in [-0.15, -0.1) is 0 Å². The molecule has 16 heteroatoms. The third kappa shape index (κ3) is 6.56. The number of rotatable bonds is 11. The topological polar surface area (TPSA) is 203 Å². The van der Waals surface area contributed by atoms with E-state index in [4.69, 9.17) is 24.5 Å². The van der Waals surface area contributed by atoms with Gasteiger partial charge in [0.15, 0.2) is 11.9 Å². The maximum atomic E-state index is 13.0. The van der Waals surface area contributed by atoms with Crippen molar-refractivity contribution in [3.05, 3.63) is 24.2 Å². The Labute approximate surface area is 224 Å². The smallest absolute Gasteiger partial charge is 0.403 e. The Morgan fingerprint density at radius 3 is 2.49 bits per heavy atom. The van der Waals surface area contributed by atoms with Crippen LogP contribution in [0.2, 0.25) is 0 Å². The van der Waals surface area contributed by atoms with Gasteiger partial charge in [-0.1, -0.05) is 27.7 Å². The first-order valence-corrected chi connectivity index (χ1v) is 13.8. The minimum absolute atomic E-state index is 0.156. The maximum absolute atomic E-state index is 13.0. The number of carbonyl (C=O) groups is 3. The number of nitrogens with two attached hydrogens (primary N) is 1. The second kappa shape index (κ2) is 12.0. The Morgan fingerprint density at radius 1 is 1.21 bits per heavy atom. The van der Waals surface area contributed by atoms with E-state index >= 15 is 0 Å². The van der Waals surface area contributed by atoms with Gasteiger partial charge in [0.05, 0.1) is 37.9 Å². The van der Waals surface area contributed by atoms with Crippen LogP contribution in [0.3, 0.4) is 0 Å². The van der Waals surface area contributed by atoms with E-state index in [0.717, 1.165) is 7.11 Å². The molecule has 1 aliphatic rings. The standard InChI is InChI=1S/C23H34N5O10P/c1-12(2)20(29)37-18-16(9-36-39(32,33)27-14(5)22(31)34-6)35-10-23(18,38-21(30)13(3)4)17-8-7-15-19(24)25-11-26-28(15)17/h7-8,11-14,16,18H,9-10H2,1-6H3,(H2,24,25,26)(H2,27,32,33)/t14-,16+,18+,23-/m0/s1. The Bertz CT molecular complexity index is 1270. The fourth-order valence-corrected chi connectivity index (χ4v) is 4.90. The normalized spacial score (nSPS) is 23.5. The molecule has 216 valence electrons. The SMILES string of the molecule is COC(=O)[C@H](C)NP(=O)(O)OC[C@H]1OC[C@](OC(=O)C(C)C)(c2ccc3c(N)ncnn23)[C@@H]1OC(=O)C(C)C. The van der Waals surface area contributed by atoms with Crippen molar-refractivity contribution in [2.75, 3.05) is 26.1 Å². The average molecular weight is 572 g/mol. The van der Waals surface area contributed by atoms with E-state index < -0.39 is 67.9 Å². The van der Waals surface area contributed by atoms with Gasteiger partial charge in [0.25, 0.3) is 0 Å². The predicted molar refractivity (Wildman–Crippen MR) is 135 cm³/mol. The molecule has 5 atom stereocenters. The van der Waals surface area contributed by atoms with Crippen LogP contribution in [0.5, 0.6) is 0 Å². The molecule has 0 amide bonds. The van der Waals surface area contributed by atoms with Crippen molar-refractivity contribution >= 4 is 37.0 Å². The molecule has 0 saturated carbocycles. The van der Waals surface area contributed by atoms with Crippen LogP contribution in [0.1, 0.15) is 40.3 Å². The number of nitrogen functional groups attached to an aromatic ring is 1. The second-order valence-electron chi connectivity index (χ2n) is 9.68. The van der Waals surface area contributed by atoms with E-state index in [-0.39, 0.29) is 18.1 Å². The monoisotopic (exact) mass is 571 g/mol. The summed E-state index contributed by atoms with van der Waals surface area (Å²) >= 11 is 0. The number of carbonyl (C=O) groups excluding carboxylic acids is 3. The maximum Gasteiger partial charge on any atom is 0.403 e. The number of fused-ring (bicyclic) bond motifs is 1. The van der Waals surface area contributed by atoms with Gasteiger partial charge in [-0.2, -0.15) is 5.10 Å². The first-order chi connectivity index (χ1) is 18.2. The van der Waals surface area contributed by atoms with Crippen LogP contribution in [-0.2, 0) is 48.0 Å². The summed E-state index contributed by atoms with van der Waals surface area (Å²) in [6.07, 6.45) is -1.29. The van der Waals surface area contributed by atoms with Crippen molar-refractivity contribution < 1.29 is 47.3 Å². The lowest BCUT2D eigenvalue weighted by atomic mass is 9.91. The van der Waals surface area contributed by atoms with Gasteiger partial charge < -0.3 is 29.6 Å². The molecule has 0 radical (unpaired) electrons. The van der Waals surface area contributed by atoms with Crippen molar-refractivity contribution in [3.8, 4) is 0 Å². The highest BCUT2D eigenvalue weighted by molar-refractivity contribution is 7.50. The van der Waals surface area contributed by atoms with Crippen LogP contribution in [0.4, 0.5) is 5.82 Å². The van der Waals surface area contributed by atoms with Crippen molar-refractivity contribution in [3.63, 3.8) is 0 Å². The van der Waals surface area contributed by atoms with Gasteiger partial charge in [-0.25, -0.2) is 19.2 Å². The molecule has 39 heavy (non-hydrogen) atoms. The highest BCUT2D eigenvalue weighted by Crippen LogP contribution is 2.44. The zero-order valence-corrected chi connectivity index (χ0v) is 23.4. The number of aromatic nitrogens is 3. The van der Waals surface area contributed by atoms with E-state index in [0.29, 0.717) is 5.52 Å². The predicted octanol–water partition coefficient (Wildman–Crippen LogP) is 0.941. The molecule has 0 spiro atoms. The Balaban J connectivity index is 2.04. The minimum atomic E-state index is -4.56. The molecular formula is C23H34N5O10P. The van der Waals surface area contributed by atoms with Gasteiger partial charge in [-0.3, -0.25) is 18.9 Å². The highest BCUT2D eigenvalue weighted by atomic mass is 31.2. The highest BCUT2D eigenvalue weighted by Gasteiger charge is 2.59. The van der Waals surface area contributed by atoms with Crippen LogP contribution in [0.15, 0.2) is 18.5 Å². The number of hydrogen-bond donors (Lipinski definition) is 3. The summed E-state index contributed by atoms with van der Waals surface area (Å²) < 4.78 is 41.5. The number of esters is 3. The second-order valence-corrected chi connectivity index (χ2v) is 11.2. The molecule has 4 N–H and O–H groups in total. The number of ether oxygens (including phenoxy) is 4. The zero-order valence-electron chi connectivity index (χ0n) is 22.5. The van der Waals surface area contributed by atoms with Crippen LogP contribution >= 0.6 is 7.75 Å². The lowest BCUT2D eigenvalue weighted by Crippen LogP contribution is -2.50. The lowest BCUT2D eigenvalue weighted by molar-refractivity contribution is -0.188. The van der Waals surface area contributed by atoms with Crippen molar-refractivity contribution in [2.24, 2.45) is 11.8 Å². The number of anilines is 1. The zero-order chi connectivity index (χ0) is 29.1. The third-order valence-electron chi connectivity index (χ3n) is 6.02. The molecule has 0 aromatic carbocycles. The van der Waals surface area contributed by atoms with Gasteiger partial charge in [-0.05, 0) is 19.1 Å². The number of nitrogens with zero attached hydrogens (tertiary/aromatic N) is 3. The molecule has 3 heterocycles. The van der Waals surface area contributed by atoms with E-state index in [1.54, 1.807) is 39.8 Å². The first-order valence-electron chi connectivity index (χ1n) is 12.2. The van der Waals surface area contributed by atoms with Crippen LogP contribution in [0, 0.1) is 11.8 Å². The Morgan fingerprint density at radius 2 is 1.87 bits per heavy atom. The fraction of sp³-hybridized carbons (Fsp3) is 0.609. The number of methoxy groups -OCH3 is 1. The van der Waals surface area contributed by atoms with E-state index in [9.17, 15) is 23.8 Å². The molecule has 1 aliphatic heterocycles. The summed E-state index contributed by atoms with van der Waals surface area (Å²) in [5.74, 6) is -3.02. The third-order valence-corrected chi connectivity index (χ3v) is 7.23. The van der Waals surface area contributed by atoms with Crippen molar-refractivity contribution in [1.82, 2.24) is 19.7 Å². The van der Waals surface area contributed by atoms with Crippen LogP contribution in [0.25, 0.3) is 5.52 Å². The molecular weight excluding hydrogens is 537 g/mol. The van der Waals surface area contributed by atoms with Crippen LogP contribution in [-0.4, -0.2) is 76.0 Å². The molecule has 0 bridgehead atoms. The molecule has 1 saturated heterocycles. The summed E-state index contributed by atoms with van der Waals surface area (Å²) in [4.78, 5) is 51.7. The first kappa shape index (κ1) is 30.4. The molecule has 3 rings (SSSR count). The van der Waals surface area contributed by atoms with Crippen molar-refractivity contribution in [1.29, 1.82) is 0 Å². The van der Waals surface area contributed by atoms with E-state index in [2.05, 4.69) is 19.9 Å². The average Bonchev–Trinajstić information content (AvgIpc) is 3.45. The van der Waals surface area contributed by atoms with Gasteiger partial charge in [0.2, 0.25) is 5.60 Å². The number of hydrogen-bond acceptors (Lipinski definition) is 12. The molecule has 0 aliphatic carbocycles. The van der Waals surface area contributed by atoms with Gasteiger partial charge in [0, 0.05) is 0 Å². The molecule has 15 nitrogen and oxygen atoms in total.